The first-order valence-electron chi connectivity index (χ1n) is 8.86. The second-order valence-electron chi connectivity index (χ2n) is 6.73. The standard InChI is InChI=1S/C19H23N5O/c1-15-13-16-5-2-3-6-17(16)24(15)14-18(25)22-9-11-23(12-10-22)19-20-7-4-8-21-19/h2-8,15H,9-14H2,1H3. The lowest BCUT2D eigenvalue weighted by Gasteiger charge is -2.36. The largest absolute Gasteiger partial charge is 0.359 e. The Labute approximate surface area is 148 Å². The van der Waals surface area contributed by atoms with E-state index in [0.29, 0.717) is 12.6 Å². The first-order chi connectivity index (χ1) is 12.2. The predicted octanol–water partition coefficient (Wildman–Crippen LogP) is 1.58. The predicted molar refractivity (Wildman–Crippen MR) is 97.8 cm³/mol. The SMILES string of the molecule is CC1Cc2ccccc2N1CC(=O)N1CCN(c2ncccn2)CC1. The maximum absolute atomic E-state index is 12.8. The van der Waals surface area contributed by atoms with Crippen LogP contribution in [0.3, 0.4) is 0 Å². The van der Waals surface area contributed by atoms with Gasteiger partial charge in [0.25, 0.3) is 0 Å². The molecule has 6 heteroatoms. The van der Waals surface area contributed by atoms with E-state index in [1.54, 1.807) is 12.4 Å². The van der Waals surface area contributed by atoms with Crippen LogP contribution in [0.1, 0.15) is 12.5 Å². The summed E-state index contributed by atoms with van der Waals surface area (Å²) in [5.74, 6) is 0.953. The highest BCUT2D eigenvalue weighted by atomic mass is 16.2. The summed E-state index contributed by atoms with van der Waals surface area (Å²) < 4.78 is 0. The number of rotatable bonds is 3. The Hall–Kier alpha value is -2.63. The first kappa shape index (κ1) is 15.9. The summed E-state index contributed by atoms with van der Waals surface area (Å²) in [5.41, 5.74) is 2.55. The van der Waals surface area contributed by atoms with E-state index in [4.69, 9.17) is 0 Å². The Morgan fingerprint density at radius 3 is 2.56 bits per heavy atom. The zero-order chi connectivity index (χ0) is 17.2. The topological polar surface area (TPSA) is 52.6 Å². The minimum Gasteiger partial charge on any atom is -0.359 e. The monoisotopic (exact) mass is 337 g/mol. The molecule has 2 aliphatic heterocycles. The lowest BCUT2D eigenvalue weighted by atomic mass is 10.1. The maximum atomic E-state index is 12.8. The number of benzene rings is 1. The maximum Gasteiger partial charge on any atom is 0.242 e. The van der Waals surface area contributed by atoms with Crippen LogP contribution in [-0.4, -0.2) is 59.5 Å². The quantitative estimate of drug-likeness (QED) is 0.851. The van der Waals surface area contributed by atoms with Crippen molar-refractivity contribution in [2.75, 3.05) is 42.5 Å². The number of carbonyl (C=O) groups excluding carboxylic acids is 1. The molecule has 3 heterocycles. The molecule has 1 saturated heterocycles. The Balaban J connectivity index is 1.37. The molecule has 25 heavy (non-hydrogen) atoms. The van der Waals surface area contributed by atoms with Crippen molar-refractivity contribution in [2.45, 2.75) is 19.4 Å². The van der Waals surface area contributed by atoms with Crippen LogP contribution >= 0.6 is 0 Å². The number of hydrogen-bond donors (Lipinski definition) is 0. The molecule has 6 nitrogen and oxygen atoms in total. The number of anilines is 2. The lowest BCUT2D eigenvalue weighted by Crippen LogP contribution is -2.52. The Kier molecular flexibility index (Phi) is 4.26. The molecule has 0 saturated carbocycles. The van der Waals surface area contributed by atoms with Crippen molar-refractivity contribution in [2.24, 2.45) is 0 Å². The average Bonchev–Trinajstić information content (AvgIpc) is 2.98. The van der Waals surface area contributed by atoms with Gasteiger partial charge in [0, 0.05) is 50.3 Å². The zero-order valence-corrected chi connectivity index (χ0v) is 14.5. The van der Waals surface area contributed by atoms with Gasteiger partial charge < -0.3 is 14.7 Å². The number of nitrogens with zero attached hydrogens (tertiary/aromatic N) is 5. The number of fused-ring (bicyclic) bond motifs is 1. The number of piperazine rings is 1. The molecule has 0 radical (unpaired) electrons. The molecule has 1 aromatic carbocycles. The summed E-state index contributed by atoms with van der Waals surface area (Å²) in [6.07, 6.45) is 4.53. The van der Waals surface area contributed by atoms with E-state index in [1.807, 2.05) is 17.0 Å². The second-order valence-corrected chi connectivity index (χ2v) is 6.73. The van der Waals surface area contributed by atoms with Crippen LogP contribution in [-0.2, 0) is 11.2 Å². The fourth-order valence-electron chi connectivity index (χ4n) is 3.73. The highest BCUT2D eigenvalue weighted by molar-refractivity contribution is 5.83. The third kappa shape index (κ3) is 3.16. The van der Waals surface area contributed by atoms with Gasteiger partial charge in [0.05, 0.1) is 6.54 Å². The third-order valence-electron chi connectivity index (χ3n) is 5.12. The van der Waals surface area contributed by atoms with Gasteiger partial charge in [-0.3, -0.25) is 4.79 Å². The number of amides is 1. The molecular weight excluding hydrogens is 314 g/mol. The van der Waals surface area contributed by atoms with Crippen LogP contribution in [0, 0.1) is 0 Å². The van der Waals surface area contributed by atoms with Crippen molar-refractivity contribution in [3.8, 4) is 0 Å². The normalized spacial score (nSPS) is 19.9. The minimum atomic E-state index is 0.206. The van der Waals surface area contributed by atoms with Crippen molar-refractivity contribution in [1.29, 1.82) is 0 Å². The van der Waals surface area contributed by atoms with Crippen molar-refractivity contribution in [3.05, 3.63) is 48.3 Å². The lowest BCUT2D eigenvalue weighted by molar-refractivity contribution is -0.130. The van der Waals surface area contributed by atoms with Crippen LogP contribution < -0.4 is 9.80 Å². The van der Waals surface area contributed by atoms with Gasteiger partial charge >= 0.3 is 0 Å². The van der Waals surface area contributed by atoms with Crippen LogP contribution in [0.5, 0.6) is 0 Å². The fraction of sp³-hybridized carbons (Fsp3) is 0.421. The summed E-state index contributed by atoms with van der Waals surface area (Å²) in [6.45, 7) is 5.66. The summed E-state index contributed by atoms with van der Waals surface area (Å²) in [4.78, 5) is 27.7. The number of hydrogen-bond acceptors (Lipinski definition) is 5. The molecule has 1 amide bonds. The molecule has 0 spiro atoms. The van der Waals surface area contributed by atoms with Crippen molar-refractivity contribution in [3.63, 3.8) is 0 Å². The highest BCUT2D eigenvalue weighted by Crippen LogP contribution is 2.31. The summed E-state index contributed by atoms with van der Waals surface area (Å²) in [5, 5.41) is 0. The van der Waals surface area contributed by atoms with E-state index in [1.165, 1.54) is 11.3 Å². The zero-order valence-electron chi connectivity index (χ0n) is 14.5. The van der Waals surface area contributed by atoms with Crippen molar-refractivity contribution < 1.29 is 4.79 Å². The van der Waals surface area contributed by atoms with Gasteiger partial charge in [-0.2, -0.15) is 0 Å². The second kappa shape index (κ2) is 6.70. The van der Waals surface area contributed by atoms with Gasteiger partial charge in [-0.1, -0.05) is 18.2 Å². The summed E-state index contributed by atoms with van der Waals surface area (Å²) in [6, 6.07) is 10.6. The van der Waals surface area contributed by atoms with Gasteiger partial charge in [0.2, 0.25) is 11.9 Å². The molecule has 1 fully saturated rings. The molecule has 2 aliphatic rings. The molecule has 1 atom stereocenters. The fourth-order valence-corrected chi connectivity index (χ4v) is 3.73. The van der Waals surface area contributed by atoms with Crippen LogP contribution in [0.15, 0.2) is 42.7 Å². The molecule has 0 aliphatic carbocycles. The third-order valence-corrected chi connectivity index (χ3v) is 5.12. The van der Waals surface area contributed by atoms with E-state index in [-0.39, 0.29) is 5.91 Å². The van der Waals surface area contributed by atoms with Crippen LogP contribution in [0.4, 0.5) is 11.6 Å². The number of carbonyl (C=O) groups is 1. The average molecular weight is 337 g/mol. The van der Waals surface area contributed by atoms with Gasteiger partial charge in [-0.05, 0) is 31.0 Å². The molecule has 1 unspecified atom stereocenters. The summed E-state index contributed by atoms with van der Waals surface area (Å²) >= 11 is 0. The molecule has 130 valence electrons. The van der Waals surface area contributed by atoms with E-state index >= 15 is 0 Å². The molecule has 4 rings (SSSR count). The van der Waals surface area contributed by atoms with Crippen molar-refractivity contribution in [1.82, 2.24) is 14.9 Å². The molecule has 1 aromatic heterocycles. The van der Waals surface area contributed by atoms with Gasteiger partial charge in [-0.25, -0.2) is 9.97 Å². The minimum absolute atomic E-state index is 0.206. The molecule has 2 aromatic rings. The first-order valence-corrected chi connectivity index (χ1v) is 8.86. The van der Waals surface area contributed by atoms with Gasteiger partial charge in [-0.15, -0.1) is 0 Å². The van der Waals surface area contributed by atoms with Gasteiger partial charge in [0.1, 0.15) is 0 Å². The van der Waals surface area contributed by atoms with E-state index in [2.05, 4.69) is 44.9 Å². The Morgan fingerprint density at radius 2 is 1.80 bits per heavy atom. The molecule has 0 bridgehead atoms. The van der Waals surface area contributed by atoms with Crippen LogP contribution in [0.2, 0.25) is 0 Å². The summed E-state index contributed by atoms with van der Waals surface area (Å²) in [7, 11) is 0. The highest BCUT2D eigenvalue weighted by Gasteiger charge is 2.30. The molecular formula is C19H23N5O. The van der Waals surface area contributed by atoms with E-state index in [9.17, 15) is 4.79 Å². The number of aromatic nitrogens is 2. The van der Waals surface area contributed by atoms with E-state index in [0.717, 1.165) is 38.5 Å². The Bertz CT molecular complexity index is 742. The van der Waals surface area contributed by atoms with Gasteiger partial charge in [0.15, 0.2) is 0 Å². The number of para-hydroxylation sites is 1. The smallest absolute Gasteiger partial charge is 0.242 e. The van der Waals surface area contributed by atoms with E-state index < -0.39 is 0 Å². The Morgan fingerprint density at radius 1 is 1.08 bits per heavy atom. The van der Waals surface area contributed by atoms with Crippen molar-refractivity contribution >= 4 is 17.5 Å². The van der Waals surface area contributed by atoms with Crippen LogP contribution in [0.25, 0.3) is 0 Å². The molecule has 0 N–H and O–H groups in total.